The molecule has 1 aromatic heterocycles. The largest absolute Gasteiger partial charge is 0.476 e. The summed E-state index contributed by atoms with van der Waals surface area (Å²) in [5.74, 6) is -1.86. The van der Waals surface area contributed by atoms with Gasteiger partial charge in [0.2, 0.25) is 5.91 Å². The van der Waals surface area contributed by atoms with Crippen LogP contribution in [-0.4, -0.2) is 26.8 Å². The maximum atomic E-state index is 12.5. The fourth-order valence-electron chi connectivity index (χ4n) is 2.50. The van der Waals surface area contributed by atoms with E-state index in [9.17, 15) is 19.5 Å². The number of aromatic nitrogens is 2. The molecule has 26 heavy (non-hydrogen) atoms. The van der Waals surface area contributed by atoms with Crippen LogP contribution in [0.15, 0.2) is 53.3 Å². The Kier molecular flexibility index (Phi) is 4.45. The number of nitrogens with zero attached hydrogens (tertiary/aromatic N) is 3. The summed E-state index contributed by atoms with van der Waals surface area (Å²) in [6, 6.07) is 14.4. The van der Waals surface area contributed by atoms with Gasteiger partial charge in [-0.25, -0.2) is 9.48 Å². The minimum Gasteiger partial charge on any atom is -0.476 e. The van der Waals surface area contributed by atoms with Gasteiger partial charge in [-0.2, -0.15) is 10.4 Å². The van der Waals surface area contributed by atoms with Gasteiger partial charge in [0.05, 0.1) is 17.0 Å². The molecule has 1 heterocycles. The third-order valence-electron chi connectivity index (χ3n) is 3.64. The predicted molar refractivity (Wildman–Crippen MR) is 92.7 cm³/mol. The molecule has 0 radical (unpaired) electrons. The molecule has 8 heteroatoms. The maximum Gasteiger partial charge on any atom is 0.357 e. The molecule has 0 aliphatic heterocycles. The summed E-state index contributed by atoms with van der Waals surface area (Å²) < 4.78 is 0.815. The van der Waals surface area contributed by atoms with Gasteiger partial charge in [-0.3, -0.25) is 9.59 Å². The number of aromatic carboxylic acids is 1. The fourth-order valence-corrected chi connectivity index (χ4v) is 2.50. The van der Waals surface area contributed by atoms with Gasteiger partial charge in [-0.15, -0.1) is 0 Å². The summed E-state index contributed by atoms with van der Waals surface area (Å²) in [5.41, 5.74) is -0.107. The van der Waals surface area contributed by atoms with Crippen molar-refractivity contribution in [1.29, 1.82) is 5.26 Å². The van der Waals surface area contributed by atoms with E-state index < -0.39 is 24.0 Å². The Morgan fingerprint density at radius 1 is 1.15 bits per heavy atom. The molecule has 128 valence electrons. The molecule has 2 aromatic carbocycles. The van der Waals surface area contributed by atoms with Crippen molar-refractivity contribution in [2.24, 2.45) is 0 Å². The Hall–Kier alpha value is -3.99. The first-order chi connectivity index (χ1) is 12.5. The number of amides is 1. The Labute approximate surface area is 146 Å². The number of hydrogen-bond donors (Lipinski definition) is 2. The molecule has 1 amide bonds. The third kappa shape index (κ3) is 3.27. The van der Waals surface area contributed by atoms with Crippen LogP contribution in [0.3, 0.4) is 0 Å². The van der Waals surface area contributed by atoms with Gasteiger partial charge in [-0.1, -0.05) is 24.3 Å². The number of rotatable bonds is 4. The summed E-state index contributed by atoms with van der Waals surface area (Å²) in [4.78, 5) is 36.1. The number of carboxylic acids is 1. The SMILES string of the molecule is N#Cc1cccc(NC(=O)Cn2nc(C(=O)O)c3ccccc3c2=O)c1. The van der Waals surface area contributed by atoms with Crippen molar-refractivity contribution in [2.75, 3.05) is 5.32 Å². The van der Waals surface area contributed by atoms with Crippen LogP contribution in [0.2, 0.25) is 0 Å². The summed E-state index contributed by atoms with van der Waals surface area (Å²) in [6.45, 7) is -0.458. The first-order valence-electron chi connectivity index (χ1n) is 7.53. The van der Waals surface area contributed by atoms with E-state index in [4.69, 9.17) is 5.26 Å². The number of carboxylic acid groups (broad SMARTS) is 1. The molecular weight excluding hydrogens is 336 g/mol. The number of fused-ring (bicyclic) bond motifs is 1. The fraction of sp³-hybridized carbons (Fsp3) is 0.0556. The van der Waals surface area contributed by atoms with Gasteiger partial charge in [0.25, 0.3) is 5.56 Å². The summed E-state index contributed by atoms with van der Waals surface area (Å²) in [5, 5.41) is 24.9. The lowest BCUT2D eigenvalue weighted by Crippen LogP contribution is -2.31. The van der Waals surface area contributed by atoms with E-state index >= 15 is 0 Å². The molecule has 0 saturated carbocycles. The quantitative estimate of drug-likeness (QED) is 0.738. The van der Waals surface area contributed by atoms with Gasteiger partial charge >= 0.3 is 5.97 Å². The number of anilines is 1. The Balaban J connectivity index is 1.94. The number of nitriles is 1. The number of benzene rings is 2. The van der Waals surface area contributed by atoms with Crippen LogP contribution in [0.5, 0.6) is 0 Å². The third-order valence-corrected chi connectivity index (χ3v) is 3.64. The highest BCUT2D eigenvalue weighted by Gasteiger charge is 2.17. The molecule has 0 aliphatic carbocycles. The highest BCUT2D eigenvalue weighted by molar-refractivity contribution is 6.01. The van der Waals surface area contributed by atoms with Crippen LogP contribution in [0, 0.1) is 11.3 Å². The average molecular weight is 348 g/mol. The van der Waals surface area contributed by atoms with Gasteiger partial charge < -0.3 is 10.4 Å². The first-order valence-corrected chi connectivity index (χ1v) is 7.53. The molecule has 0 saturated heterocycles. The van der Waals surface area contributed by atoms with Crippen molar-refractivity contribution in [3.8, 4) is 6.07 Å². The second-order valence-electron chi connectivity index (χ2n) is 5.40. The molecule has 0 spiro atoms. The van der Waals surface area contributed by atoms with Crippen molar-refractivity contribution in [3.63, 3.8) is 0 Å². The summed E-state index contributed by atoms with van der Waals surface area (Å²) in [6.07, 6.45) is 0. The standard InChI is InChI=1S/C18H12N4O4/c19-9-11-4-3-5-12(8-11)20-15(23)10-22-17(24)14-7-2-1-6-13(14)16(21-22)18(25)26/h1-8H,10H2,(H,20,23)(H,25,26). The molecule has 0 fully saturated rings. The van der Waals surface area contributed by atoms with Crippen LogP contribution >= 0.6 is 0 Å². The monoisotopic (exact) mass is 348 g/mol. The van der Waals surface area contributed by atoms with Crippen LogP contribution in [-0.2, 0) is 11.3 Å². The topological polar surface area (TPSA) is 125 Å². The van der Waals surface area contributed by atoms with E-state index in [0.717, 1.165) is 4.68 Å². The summed E-state index contributed by atoms with van der Waals surface area (Å²) in [7, 11) is 0. The van der Waals surface area contributed by atoms with E-state index in [1.165, 1.54) is 18.2 Å². The van der Waals surface area contributed by atoms with Crippen molar-refractivity contribution >= 4 is 28.3 Å². The van der Waals surface area contributed by atoms with Gasteiger partial charge in [0.1, 0.15) is 6.54 Å². The molecular formula is C18H12N4O4. The number of carbonyl (C=O) groups is 2. The smallest absolute Gasteiger partial charge is 0.357 e. The average Bonchev–Trinajstić information content (AvgIpc) is 2.64. The highest BCUT2D eigenvalue weighted by atomic mass is 16.4. The maximum absolute atomic E-state index is 12.5. The Morgan fingerprint density at radius 3 is 2.58 bits per heavy atom. The van der Waals surface area contributed by atoms with Crippen LogP contribution in [0.1, 0.15) is 16.1 Å². The van der Waals surface area contributed by atoms with Crippen LogP contribution in [0.25, 0.3) is 10.8 Å². The van der Waals surface area contributed by atoms with Crippen molar-refractivity contribution in [3.05, 3.63) is 70.1 Å². The lowest BCUT2D eigenvalue weighted by atomic mass is 10.1. The van der Waals surface area contributed by atoms with Crippen LogP contribution < -0.4 is 10.9 Å². The predicted octanol–water partition coefficient (Wildman–Crippen LogP) is 1.61. The van der Waals surface area contributed by atoms with Crippen molar-refractivity contribution < 1.29 is 14.7 Å². The molecule has 0 unspecified atom stereocenters. The molecule has 0 bridgehead atoms. The molecule has 8 nitrogen and oxygen atoms in total. The van der Waals surface area contributed by atoms with Crippen molar-refractivity contribution in [2.45, 2.75) is 6.54 Å². The molecule has 3 rings (SSSR count). The van der Waals surface area contributed by atoms with E-state index in [2.05, 4.69) is 10.4 Å². The molecule has 0 aliphatic rings. The van der Waals surface area contributed by atoms with Crippen molar-refractivity contribution in [1.82, 2.24) is 9.78 Å². The lowest BCUT2D eigenvalue weighted by Gasteiger charge is -2.09. The zero-order chi connectivity index (χ0) is 18.7. The van der Waals surface area contributed by atoms with Gasteiger partial charge in [0.15, 0.2) is 5.69 Å². The second-order valence-corrected chi connectivity index (χ2v) is 5.40. The van der Waals surface area contributed by atoms with Gasteiger partial charge in [0, 0.05) is 11.1 Å². The van der Waals surface area contributed by atoms with E-state index in [-0.39, 0.29) is 16.5 Å². The minimum atomic E-state index is -1.29. The van der Waals surface area contributed by atoms with Crippen LogP contribution in [0.4, 0.5) is 5.69 Å². The van der Waals surface area contributed by atoms with E-state index in [0.29, 0.717) is 11.3 Å². The minimum absolute atomic E-state index is 0.166. The lowest BCUT2D eigenvalue weighted by molar-refractivity contribution is -0.117. The second kappa shape index (κ2) is 6.86. The van der Waals surface area contributed by atoms with Gasteiger partial charge in [-0.05, 0) is 24.3 Å². The normalized spacial score (nSPS) is 10.3. The Bertz CT molecular complexity index is 1130. The number of carbonyl (C=O) groups excluding carboxylic acids is 1. The molecule has 0 atom stereocenters. The molecule has 3 aromatic rings. The zero-order valence-corrected chi connectivity index (χ0v) is 13.3. The first kappa shape index (κ1) is 16.9. The number of nitrogens with one attached hydrogen (secondary N) is 1. The molecule has 2 N–H and O–H groups in total. The summed E-state index contributed by atoms with van der Waals surface area (Å²) >= 11 is 0. The highest BCUT2D eigenvalue weighted by Crippen LogP contribution is 2.13. The van der Waals surface area contributed by atoms with E-state index in [1.54, 1.807) is 30.3 Å². The number of hydrogen-bond acceptors (Lipinski definition) is 5. The zero-order valence-electron chi connectivity index (χ0n) is 13.3. The van der Waals surface area contributed by atoms with E-state index in [1.807, 2.05) is 6.07 Å². The Morgan fingerprint density at radius 2 is 1.88 bits per heavy atom.